The van der Waals surface area contributed by atoms with Crippen LogP contribution in [0.4, 0.5) is 4.39 Å². The van der Waals surface area contributed by atoms with E-state index < -0.39 is 28.3 Å². The molecule has 0 N–H and O–H groups in total. The van der Waals surface area contributed by atoms with E-state index in [9.17, 15) is 17.6 Å². The number of carbonyl (C=O) groups is 1. The van der Waals surface area contributed by atoms with Gasteiger partial charge >= 0.3 is 0 Å². The molecule has 1 aromatic heterocycles. The van der Waals surface area contributed by atoms with Crippen LogP contribution in [0.2, 0.25) is 0 Å². The van der Waals surface area contributed by atoms with Gasteiger partial charge in [0.25, 0.3) is 0 Å². The topological polar surface area (TPSA) is 96.6 Å². The van der Waals surface area contributed by atoms with Gasteiger partial charge < -0.3 is 9.42 Å². The molecular weight excluding hydrogens is 459 g/mol. The van der Waals surface area contributed by atoms with E-state index in [2.05, 4.69) is 30.9 Å². The smallest absolute Gasteiger partial charge is 0.246 e. The molecule has 8 nitrogen and oxygen atoms in total. The number of nitrogens with zero attached hydrogens (tertiary/aromatic N) is 4. The third kappa shape index (κ3) is 6.48. The lowest BCUT2D eigenvalue weighted by Gasteiger charge is -2.23. The van der Waals surface area contributed by atoms with Crippen molar-refractivity contribution in [3.63, 3.8) is 0 Å². The Morgan fingerprint density at radius 3 is 2.29 bits per heavy atom. The van der Waals surface area contributed by atoms with Crippen molar-refractivity contribution in [3.8, 4) is 11.4 Å². The second-order valence-electron chi connectivity index (χ2n) is 9.21. The molecule has 0 radical (unpaired) electrons. The van der Waals surface area contributed by atoms with E-state index in [1.807, 2.05) is 24.3 Å². The molecule has 0 saturated heterocycles. The van der Waals surface area contributed by atoms with Crippen molar-refractivity contribution in [2.45, 2.75) is 39.3 Å². The van der Waals surface area contributed by atoms with Crippen LogP contribution in [0.5, 0.6) is 0 Å². The first-order valence-electron chi connectivity index (χ1n) is 10.7. The van der Waals surface area contributed by atoms with E-state index in [-0.39, 0.29) is 30.0 Å². The highest BCUT2D eigenvalue weighted by Gasteiger charge is 2.24. The van der Waals surface area contributed by atoms with Crippen LogP contribution in [0.15, 0.2) is 53.1 Å². The van der Waals surface area contributed by atoms with E-state index >= 15 is 0 Å². The zero-order valence-corrected chi connectivity index (χ0v) is 20.8. The molecule has 0 bridgehead atoms. The predicted octanol–water partition coefficient (Wildman–Crippen LogP) is 3.59. The second kappa shape index (κ2) is 10.0. The molecule has 182 valence electrons. The van der Waals surface area contributed by atoms with Gasteiger partial charge in [-0.3, -0.25) is 4.79 Å². The molecule has 3 aromatic rings. The summed E-state index contributed by atoms with van der Waals surface area (Å²) < 4.78 is 44.6. The van der Waals surface area contributed by atoms with Gasteiger partial charge in [-0.15, -0.1) is 0 Å². The van der Waals surface area contributed by atoms with E-state index in [0.29, 0.717) is 5.82 Å². The standard InChI is InChI=1S/C24H29FN4O4S/c1-24(2,3)19-12-10-17(11-13-19)23-26-21(33-27-23)15-28(4)22(30)16-29(34(5,31)32)14-18-8-6-7-9-20(18)25/h6-13H,14-16H2,1-5H3. The van der Waals surface area contributed by atoms with Gasteiger partial charge in [-0.2, -0.15) is 9.29 Å². The average Bonchev–Trinajstić information content (AvgIpc) is 3.22. The number of rotatable bonds is 8. The summed E-state index contributed by atoms with van der Waals surface area (Å²) in [6.07, 6.45) is 0.982. The molecule has 0 unspecified atom stereocenters. The third-order valence-electron chi connectivity index (χ3n) is 5.36. The minimum absolute atomic E-state index is 0.00318. The summed E-state index contributed by atoms with van der Waals surface area (Å²) in [6.45, 7) is 5.69. The molecule has 0 fully saturated rings. The van der Waals surface area contributed by atoms with Crippen LogP contribution in [-0.4, -0.2) is 53.5 Å². The van der Waals surface area contributed by atoms with Gasteiger partial charge in [-0.1, -0.05) is 68.4 Å². The Bertz CT molecular complexity index is 1250. The second-order valence-corrected chi connectivity index (χ2v) is 11.2. The number of likely N-dealkylation sites (N-methyl/N-ethyl adjacent to an activating group) is 1. The van der Waals surface area contributed by atoms with Gasteiger partial charge in [-0.25, -0.2) is 12.8 Å². The highest BCUT2D eigenvalue weighted by Crippen LogP contribution is 2.25. The molecular formula is C24H29FN4O4S. The van der Waals surface area contributed by atoms with Crippen molar-refractivity contribution in [2.75, 3.05) is 19.8 Å². The summed E-state index contributed by atoms with van der Waals surface area (Å²) in [4.78, 5) is 18.4. The van der Waals surface area contributed by atoms with Crippen molar-refractivity contribution in [3.05, 3.63) is 71.4 Å². The largest absolute Gasteiger partial charge is 0.337 e. The van der Waals surface area contributed by atoms with Gasteiger partial charge in [0.15, 0.2) is 0 Å². The highest BCUT2D eigenvalue weighted by molar-refractivity contribution is 7.88. The summed E-state index contributed by atoms with van der Waals surface area (Å²) in [5, 5.41) is 3.98. The fourth-order valence-electron chi connectivity index (χ4n) is 3.23. The first kappa shape index (κ1) is 25.5. The lowest BCUT2D eigenvalue weighted by molar-refractivity contribution is -0.131. The monoisotopic (exact) mass is 488 g/mol. The molecule has 2 aromatic carbocycles. The minimum atomic E-state index is -3.76. The Morgan fingerprint density at radius 2 is 1.71 bits per heavy atom. The lowest BCUT2D eigenvalue weighted by Crippen LogP contribution is -2.40. The number of hydrogen-bond donors (Lipinski definition) is 0. The van der Waals surface area contributed by atoms with Crippen LogP contribution < -0.4 is 0 Å². The van der Waals surface area contributed by atoms with Crippen molar-refractivity contribution < 1.29 is 22.1 Å². The Morgan fingerprint density at radius 1 is 1.06 bits per heavy atom. The van der Waals surface area contributed by atoms with Crippen LogP contribution in [0, 0.1) is 5.82 Å². The van der Waals surface area contributed by atoms with Gasteiger partial charge in [0, 0.05) is 24.7 Å². The van der Waals surface area contributed by atoms with Crippen LogP contribution in [0.25, 0.3) is 11.4 Å². The molecule has 0 aliphatic heterocycles. The maximum atomic E-state index is 14.0. The number of sulfonamides is 1. The van der Waals surface area contributed by atoms with Gasteiger partial charge in [0.1, 0.15) is 5.82 Å². The highest BCUT2D eigenvalue weighted by atomic mass is 32.2. The Hall–Kier alpha value is -3.11. The molecule has 10 heteroatoms. The van der Waals surface area contributed by atoms with Crippen LogP contribution in [0.1, 0.15) is 37.8 Å². The zero-order valence-electron chi connectivity index (χ0n) is 19.9. The molecule has 0 spiro atoms. The summed E-state index contributed by atoms with van der Waals surface area (Å²) in [5.74, 6) is -0.415. The average molecular weight is 489 g/mol. The quantitative estimate of drug-likeness (QED) is 0.481. The Labute approximate surface area is 199 Å². The summed E-state index contributed by atoms with van der Waals surface area (Å²) >= 11 is 0. The first-order chi connectivity index (χ1) is 15.8. The fraction of sp³-hybridized carbons (Fsp3) is 0.375. The van der Waals surface area contributed by atoms with Crippen LogP contribution in [0.3, 0.4) is 0 Å². The van der Waals surface area contributed by atoms with Gasteiger partial charge in [0.05, 0.1) is 19.3 Å². The van der Waals surface area contributed by atoms with Gasteiger partial charge in [0.2, 0.25) is 27.6 Å². The van der Waals surface area contributed by atoms with Gasteiger partial charge in [-0.05, 0) is 17.0 Å². The van der Waals surface area contributed by atoms with Crippen molar-refractivity contribution in [1.82, 2.24) is 19.3 Å². The van der Waals surface area contributed by atoms with Crippen LogP contribution >= 0.6 is 0 Å². The van der Waals surface area contributed by atoms with E-state index in [4.69, 9.17) is 4.52 Å². The summed E-state index contributed by atoms with van der Waals surface area (Å²) in [6, 6.07) is 13.7. The van der Waals surface area contributed by atoms with Crippen molar-refractivity contribution in [2.24, 2.45) is 0 Å². The molecule has 34 heavy (non-hydrogen) atoms. The van der Waals surface area contributed by atoms with E-state index in [0.717, 1.165) is 16.1 Å². The minimum Gasteiger partial charge on any atom is -0.337 e. The maximum absolute atomic E-state index is 14.0. The normalized spacial score (nSPS) is 12.2. The first-order valence-corrected chi connectivity index (χ1v) is 12.6. The molecule has 0 saturated carbocycles. The summed E-state index contributed by atoms with van der Waals surface area (Å²) in [7, 11) is -2.25. The van der Waals surface area contributed by atoms with E-state index in [1.54, 1.807) is 6.07 Å². The Kier molecular flexibility index (Phi) is 7.52. The van der Waals surface area contributed by atoms with E-state index in [1.165, 1.54) is 35.7 Å². The van der Waals surface area contributed by atoms with Crippen molar-refractivity contribution in [1.29, 1.82) is 0 Å². The maximum Gasteiger partial charge on any atom is 0.246 e. The molecule has 0 atom stereocenters. The number of amides is 1. The zero-order chi connectivity index (χ0) is 25.1. The lowest BCUT2D eigenvalue weighted by atomic mass is 9.87. The molecule has 0 aliphatic rings. The third-order valence-corrected chi connectivity index (χ3v) is 6.56. The SMILES string of the molecule is CN(Cc1nc(-c2ccc(C(C)(C)C)cc2)no1)C(=O)CN(Cc1ccccc1F)S(C)(=O)=O. The number of aromatic nitrogens is 2. The molecule has 1 amide bonds. The predicted molar refractivity (Wildman–Crippen MR) is 127 cm³/mol. The number of hydrogen-bond acceptors (Lipinski definition) is 6. The fourth-order valence-corrected chi connectivity index (χ4v) is 3.94. The number of halogens is 1. The molecule has 0 aliphatic carbocycles. The number of carbonyl (C=O) groups excluding carboxylic acids is 1. The number of benzene rings is 2. The molecule has 3 rings (SSSR count). The van der Waals surface area contributed by atoms with Crippen molar-refractivity contribution >= 4 is 15.9 Å². The molecule has 1 heterocycles. The summed E-state index contributed by atoms with van der Waals surface area (Å²) in [5.41, 5.74) is 2.17. The Balaban J connectivity index is 1.67. The van der Waals surface area contributed by atoms with Crippen LogP contribution in [-0.2, 0) is 33.3 Å².